The van der Waals surface area contributed by atoms with E-state index in [9.17, 15) is 14.4 Å². The van der Waals surface area contributed by atoms with Crippen LogP contribution < -0.4 is 5.32 Å². The Balaban J connectivity index is 2.22. The Morgan fingerprint density at radius 3 is 2.55 bits per heavy atom. The summed E-state index contributed by atoms with van der Waals surface area (Å²) in [6.45, 7) is 3.12. The molecule has 1 atom stereocenters. The molecule has 0 unspecified atom stereocenters. The molecule has 1 N–H and O–H groups in total. The Labute approximate surface area is 116 Å². The topological polar surface area (TPSA) is 75.7 Å². The molecule has 6 nitrogen and oxygen atoms in total. The second kappa shape index (κ2) is 5.32. The van der Waals surface area contributed by atoms with Crippen molar-refractivity contribution in [2.75, 3.05) is 13.2 Å². The van der Waals surface area contributed by atoms with Gasteiger partial charge in [-0.05, 0) is 19.4 Å². The molecular weight excluding hydrogens is 260 g/mol. The fraction of sp³-hybridized carbons (Fsp3) is 0.357. The zero-order chi connectivity index (χ0) is 14.8. The molecule has 1 aliphatic heterocycles. The highest BCUT2D eigenvalue weighted by Gasteiger charge is 2.49. The van der Waals surface area contributed by atoms with E-state index in [1.807, 2.05) is 6.07 Å². The van der Waals surface area contributed by atoms with Crippen LogP contribution in [0.25, 0.3) is 0 Å². The normalized spacial score (nSPS) is 21.8. The van der Waals surface area contributed by atoms with Gasteiger partial charge in [-0.1, -0.05) is 30.3 Å². The lowest BCUT2D eigenvalue weighted by atomic mass is 9.92. The van der Waals surface area contributed by atoms with Crippen molar-refractivity contribution in [3.05, 3.63) is 35.9 Å². The number of ether oxygens (including phenoxy) is 1. The number of amides is 3. The van der Waals surface area contributed by atoms with E-state index in [1.54, 1.807) is 38.1 Å². The van der Waals surface area contributed by atoms with Crippen molar-refractivity contribution in [1.82, 2.24) is 10.2 Å². The van der Waals surface area contributed by atoms with Crippen LogP contribution in [0.4, 0.5) is 4.79 Å². The Kier molecular flexibility index (Phi) is 3.74. The van der Waals surface area contributed by atoms with E-state index in [4.69, 9.17) is 4.74 Å². The predicted octanol–water partition coefficient (Wildman–Crippen LogP) is 1.02. The van der Waals surface area contributed by atoms with Crippen LogP contribution in [-0.2, 0) is 19.9 Å². The van der Waals surface area contributed by atoms with Gasteiger partial charge in [0.05, 0.1) is 6.61 Å². The summed E-state index contributed by atoms with van der Waals surface area (Å²) >= 11 is 0. The SMILES string of the molecule is CCOC(=O)CN1C(=O)N[C@@](C)(c2ccccc2)C1=O. The first-order valence-electron chi connectivity index (χ1n) is 6.34. The summed E-state index contributed by atoms with van der Waals surface area (Å²) in [6, 6.07) is 8.32. The van der Waals surface area contributed by atoms with Crippen LogP contribution in [0.2, 0.25) is 0 Å². The third-order valence-corrected chi connectivity index (χ3v) is 3.22. The van der Waals surface area contributed by atoms with Crippen molar-refractivity contribution >= 4 is 17.9 Å². The van der Waals surface area contributed by atoms with Crippen molar-refractivity contribution in [3.8, 4) is 0 Å². The molecule has 3 amide bonds. The lowest BCUT2D eigenvalue weighted by molar-refractivity contribution is -0.147. The second-order valence-corrected chi connectivity index (χ2v) is 4.62. The minimum Gasteiger partial charge on any atom is -0.465 e. The molecule has 0 bridgehead atoms. The number of imide groups is 1. The maximum Gasteiger partial charge on any atom is 0.326 e. The van der Waals surface area contributed by atoms with Gasteiger partial charge in [-0.2, -0.15) is 0 Å². The Hall–Kier alpha value is -2.37. The summed E-state index contributed by atoms with van der Waals surface area (Å²) in [4.78, 5) is 36.6. The number of benzene rings is 1. The number of carbonyl (C=O) groups excluding carboxylic acids is 3. The number of carbonyl (C=O) groups is 3. The first-order valence-corrected chi connectivity index (χ1v) is 6.34. The van der Waals surface area contributed by atoms with Crippen LogP contribution in [0.1, 0.15) is 19.4 Å². The molecule has 6 heteroatoms. The second-order valence-electron chi connectivity index (χ2n) is 4.62. The summed E-state index contributed by atoms with van der Waals surface area (Å²) in [5.74, 6) is -1.06. The number of hydrogen-bond acceptors (Lipinski definition) is 4. The highest BCUT2D eigenvalue weighted by atomic mass is 16.5. The van der Waals surface area contributed by atoms with E-state index in [0.717, 1.165) is 4.90 Å². The molecule has 0 aliphatic carbocycles. The molecule has 0 radical (unpaired) electrons. The summed E-state index contributed by atoms with van der Waals surface area (Å²) < 4.78 is 4.76. The van der Waals surface area contributed by atoms with Crippen molar-refractivity contribution in [2.24, 2.45) is 0 Å². The van der Waals surface area contributed by atoms with E-state index < -0.39 is 23.4 Å². The lowest BCUT2D eigenvalue weighted by Gasteiger charge is -2.21. The zero-order valence-corrected chi connectivity index (χ0v) is 11.4. The van der Waals surface area contributed by atoms with E-state index in [-0.39, 0.29) is 13.2 Å². The number of nitrogens with zero attached hydrogens (tertiary/aromatic N) is 1. The lowest BCUT2D eigenvalue weighted by Crippen LogP contribution is -2.41. The van der Waals surface area contributed by atoms with Crippen LogP contribution in [0.5, 0.6) is 0 Å². The minimum absolute atomic E-state index is 0.207. The number of hydrogen-bond donors (Lipinski definition) is 1. The highest BCUT2D eigenvalue weighted by molar-refractivity contribution is 6.08. The first kappa shape index (κ1) is 14.0. The monoisotopic (exact) mass is 276 g/mol. The molecule has 1 fully saturated rings. The highest BCUT2D eigenvalue weighted by Crippen LogP contribution is 2.28. The first-order chi connectivity index (χ1) is 9.49. The van der Waals surface area contributed by atoms with Gasteiger partial charge in [-0.25, -0.2) is 4.79 Å². The van der Waals surface area contributed by atoms with Crippen molar-refractivity contribution in [1.29, 1.82) is 0 Å². The smallest absolute Gasteiger partial charge is 0.326 e. The Morgan fingerprint density at radius 2 is 1.95 bits per heavy atom. The number of rotatable bonds is 4. The van der Waals surface area contributed by atoms with Crippen LogP contribution in [0.3, 0.4) is 0 Å². The Bertz CT molecular complexity index is 543. The summed E-state index contributed by atoms with van der Waals surface area (Å²) in [6.07, 6.45) is 0. The standard InChI is InChI=1S/C14H16N2O4/c1-3-20-11(17)9-16-12(18)14(2,15-13(16)19)10-7-5-4-6-8-10/h4-8H,3,9H2,1-2H3,(H,15,19)/t14-/m0/s1. The molecule has 1 saturated heterocycles. The molecule has 20 heavy (non-hydrogen) atoms. The van der Waals surface area contributed by atoms with E-state index >= 15 is 0 Å². The van der Waals surface area contributed by atoms with Crippen LogP contribution in [0.15, 0.2) is 30.3 Å². The molecule has 106 valence electrons. The molecule has 1 aliphatic rings. The molecule has 1 aromatic rings. The molecule has 2 rings (SSSR count). The third-order valence-electron chi connectivity index (χ3n) is 3.22. The van der Waals surface area contributed by atoms with Gasteiger partial charge in [0.15, 0.2) is 0 Å². The zero-order valence-electron chi connectivity index (χ0n) is 11.4. The number of urea groups is 1. The van der Waals surface area contributed by atoms with Gasteiger partial charge < -0.3 is 10.1 Å². The average molecular weight is 276 g/mol. The predicted molar refractivity (Wildman–Crippen MR) is 70.7 cm³/mol. The van der Waals surface area contributed by atoms with Gasteiger partial charge in [0.25, 0.3) is 5.91 Å². The molecule has 0 aromatic heterocycles. The number of nitrogens with one attached hydrogen (secondary N) is 1. The largest absolute Gasteiger partial charge is 0.465 e. The maximum atomic E-state index is 12.4. The van der Waals surface area contributed by atoms with Crippen LogP contribution in [0, 0.1) is 0 Å². The molecular formula is C14H16N2O4. The maximum absolute atomic E-state index is 12.4. The molecule has 0 spiro atoms. The third kappa shape index (κ3) is 2.36. The molecule has 1 aromatic carbocycles. The minimum atomic E-state index is -1.15. The van der Waals surface area contributed by atoms with Crippen molar-refractivity contribution in [2.45, 2.75) is 19.4 Å². The van der Waals surface area contributed by atoms with Gasteiger partial charge in [0.1, 0.15) is 12.1 Å². The molecule has 1 heterocycles. The van der Waals surface area contributed by atoms with Crippen LogP contribution in [-0.4, -0.2) is 36.0 Å². The molecule has 0 saturated carbocycles. The van der Waals surface area contributed by atoms with Crippen LogP contribution >= 0.6 is 0 Å². The van der Waals surface area contributed by atoms with Gasteiger partial charge in [0, 0.05) is 0 Å². The van der Waals surface area contributed by atoms with E-state index in [2.05, 4.69) is 5.32 Å². The average Bonchev–Trinajstić information content (AvgIpc) is 2.65. The fourth-order valence-corrected chi connectivity index (χ4v) is 2.14. The quantitative estimate of drug-likeness (QED) is 0.658. The Morgan fingerprint density at radius 1 is 1.30 bits per heavy atom. The van der Waals surface area contributed by atoms with Gasteiger partial charge in [-0.3, -0.25) is 14.5 Å². The van der Waals surface area contributed by atoms with E-state index in [1.165, 1.54) is 0 Å². The van der Waals surface area contributed by atoms with E-state index in [0.29, 0.717) is 5.56 Å². The fourth-order valence-electron chi connectivity index (χ4n) is 2.14. The summed E-state index contributed by atoms with van der Waals surface area (Å²) in [5.41, 5.74) is -0.477. The van der Waals surface area contributed by atoms with Gasteiger partial charge >= 0.3 is 12.0 Å². The van der Waals surface area contributed by atoms with Crippen molar-refractivity contribution in [3.63, 3.8) is 0 Å². The summed E-state index contributed by atoms with van der Waals surface area (Å²) in [5, 5.41) is 2.62. The van der Waals surface area contributed by atoms with Crippen molar-refractivity contribution < 1.29 is 19.1 Å². The van der Waals surface area contributed by atoms with Gasteiger partial charge in [-0.15, -0.1) is 0 Å². The number of esters is 1. The van der Waals surface area contributed by atoms with Gasteiger partial charge in [0.2, 0.25) is 0 Å². The summed E-state index contributed by atoms with van der Waals surface area (Å²) in [7, 11) is 0.